The summed E-state index contributed by atoms with van der Waals surface area (Å²) in [6, 6.07) is 7.20. The van der Waals surface area contributed by atoms with Crippen LogP contribution in [-0.2, 0) is 6.42 Å². The van der Waals surface area contributed by atoms with Gasteiger partial charge in [0.25, 0.3) is 0 Å². The topological polar surface area (TPSA) is 12.0 Å². The van der Waals surface area contributed by atoms with E-state index in [-0.39, 0.29) is 6.04 Å². The molecular weight excluding hydrogens is 258 g/mol. The third kappa shape index (κ3) is 4.49. The summed E-state index contributed by atoms with van der Waals surface area (Å²) in [5.74, 6) is -3.99. The molecule has 0 aliphatic heterocycles. The van der Waals surface area contributed by atoms with E-state index in [0.29, 0.717) is 6.42 Å². The van der Waals surface area contributed by atoms with Crippen molar-refractivity contribution in [3.05, 3.63) is 35.4 Å². The zero-order chi connectivity index (χ0) is 14.5. The lowest BCUT2D eigenvalue weighted by atomic mass is 10.0. The van der Waals surface area contributed by atoms with Gasteiger partial charge in [0.15, 0.2) is 0 Å². The largest absolute Gasteiger partial charge is 0.319 e. The number of benzene rings is 1. The normalized spacial score (nSPS) is 13.8. The number of nitrogens with one attached hydrogen (secondary N) is 1. The van der Waals surface area contributed by atoms with E-state index in [2.05, 4.69) is 5.32 Å². The monoisotopic (exact) mass is 277 g/mol. The molecule has 0 saturated carbocycles. The molecule has 0 aliphatic rings. The summed E-state index contributed by atoms with van der Waals surface area (Å²) in [4.78, 5) is 0. The smallest absolute Gasteiger partial charge is 0.304 e. The minimum absolute atomic E-state index is 0.337. The first kappa shape index (κ1) is 16.0. The first-order valence-electron chi connectivity index (χ1n) is 6.38. The first-order chi connectivity index (χ1) is 8.90. The van der Waals surface area contributed by atoms with Gasteiger partial charge >= 0.3 is 12.3 Å². The zero-order valence-corrected chi connectivity index (χ0v) is 11.1. The van der Waals surface area contributed by atoms with Crippen molar-refractivity contribution in [2.75, 3.05) is 6.54 Å². The van der Waals surface area contributed by atoms with Crippen molar-refractivity contribution in [3.63, 3.8) is 0 Å². The Morgan fingerprint density at radius 2 is 1.68 bits per heavy atom. The van der Waals surface area contributed by atoms with Gasteiger partial charge in [0.05, 0.1) is 6.54 Å². The fraction of sp³-hybridized carbons (Fsp3) is 0.571. The lowest BCUT2D eigenvalue weighted by Crippen LogP contribution is -2.40. The van der Waals surface area contributed by atoms with Crippen molar-refractivity contribution in [1.29, 1.82) is 0 Å². The molecule has 1 unspecified atom stereocenters. The van der Waals surface area contributed by atoms with E-state index in [0.717, 1.165) is 17.5 Å². The van der Waals surface area contributed by atoms with Crippen molar-refractivity contribution in [2.24, 2.45) is 0 Å². The van der Waals surface area contributed by atoms with Crippen molar-refractivity contribution >= 4 is 0 Å². The predicted octanol–water partition coefficient (Wildman–Crippen LogP) is 4.19. The summed E-state index contributed by atoms with van der Waals surface area (Å²) in [6.07, 6.45) is -2.18. The molecule has 1 aromatic carbocycles. The highest BCUT2D eigenvalue weighted by Crippen LogP contribution is 2.24. The quantitative estimate of drug-likeness (QED) is 0.737. The van der Waals surface area contributed by atoms with Gasteiger partial charge in [0, 0.05) is 6.04 Å². The Labute approximate surface area is 111 Å². The van der Waals surface area contributed by atoms with Crippen LogP contribution >= 0.6 is 0 Å². The van der Waals surface area contributed by atoms with Gasteiger partial charge in [-0.1, -0.05) is 38.1 Å². The summed E-state index contributed by atoms with van der Waals surface area (Å²) in [6.45, 7) is 2.83. The SMILES string of the molecule is CCc1ccc(C(CC)NCC(F)(F)C(F)F)cc1. The zero-order valence-electron chi connectivity index (χ0n) is 11.1. The van der Waals surface area contributed by atoms with Gasteiger partial charge in [0.1, 0.15) is 0 Å². The second-order valence-electron chi connectivity index (χ2n) is 4.50. The van der Waals surface area contributed by atoms with E-state index >= 15 is 0 Å². The van der Waals surface area contributed by atoms with Crippen LogP contribution in [0.1, 0.15) is 37.4 Å². The maximum absolute atomic E-state index is 12.9. The Morgan fingerprint density at radius 1 is 1.11 bits per heavy atom. The van der Waals surface area contributed by atoms with Gasteiger partial charge in [-0.05, 0) is 24.0 Å². The Bertz CT molecular complexity index is 376. The second-order valence-corrected chi connectivity index (χ2v) is 4.50. The number of hydrogen-bond acceptors (Lipinski definition) is 1. The van der Waals surface area contributed by atoms with Gasteiger partial charge in [-0.15, -0.1) is 0 Å². The Morgan fingerprint density at radius 3 is 2.11 bits per heavy atom. The first-order valence-corrected chi connectivity index (χ1v) is 6.38. The molecule has 19 heavy (non-hydrogen) atoms. The van der Waals surface area contributed by atoms with Gasteiger partial charge < -0.3 is 5.32 Å². The fourth-order valence-corrected chi connectivity index (χ4v) is 1.82. The Hall–Kier alpha value is -1.10. The molecule has 1 aromatic rings. The molecule has 0 radical (unpaired) electrons. The molecule has 0 saturated heterocycles. The molecule has 1 atom stereocenters. The summed E-state index contributed by atoms with van der Waals surface area (Å²) >= 11 is 0. The highest BCUT2D eigenvalue weighted by atomic mass is 19.3. The molecule has 1 rings (SSSR count). The van der Waals surface area contributed by atoms with Crippen LogP contribution in [0.4, 0.5) is 17.6 Å². The Balaban J connectivity index is 2.67. The van der Waals surface area contributed by atoms with Gasteiger partial charge in [-0.25, -0.2) is 8.78 Å². The number of alkyl halides is 4. The molecule has 0 heterocycles. The Kier molecular flexibility index (Phi) is 5.79. The molecule has 0 aromatic heterocycles. The predicted molar refractivity (Wildman–Crippen MR) is 67.8 cm³/mol. The summed E-state index contributed by atoms with van der Waals surface area (Å²) < 4.78 is 49.9. The molecule has 108 valence electrons. The van der Waals surface area contributed by atoms with Crippen molar-refractivity contribution in [2.45, 2.75) is 45.1 Å². The van der Waals surface area contributed by atoms with Crippen LogP contribution in [-0.4, -0.2) is 18.9 Å². The molecular formula is C14H19F4N. The summed E-state index contributed by atoms with van der Waals surface area (Å²) in [5.41, 5.74) is 1.99. The van der Waals surface area contributed by atoms with Crippen LogP contribution in [0.5, 0.6) is 0 Å². The van der Waals surface area contributed by atoms with Crippen LogP contribution < -0.4 is 5.32 Å². The maximum Gasteiger partial charge on any atom is 0.319 e. The fourth-order valence-electron chi connectivity index (χ4n) is 1.82. The average molecular weight is 277 g/mol. The van der Waals surface area contributed by atoms with E-state index < -0.39 is 18.9 Å². The summed E-state index contributed by atoms with van der Waals surface area (Å²) in [7, 11) is 0. The van der Waals surface area contributed by atoms with Crippen LogP contribution in [0.3, 0.4) is 0 Å². The van der Waals surface area contributed by atoms with Crippen LogP contribution in [0, 0.1) is 0 Å². The van der Waals surface area contributed by atoms with Gasteiger partial charge in [-0.3, -0.25) is 0 Å². The van der Waals surface area contributed by atoms with Crippen molar-refractivity contribution < 1.29 is 17.6 Å². The third-order valence-corrected chi connectivity index (χ3v) is 3.10. The molecule has 5 heteroatoms. The highest BCUT2D eigenvalue weighted by Gasteiger charge is 2.40. The van der Waals surface area contributed by atoms with Crippen molar-refractivity contribution in [3.8, 4) is 0 Å². The van der Waals surface area contributed by atoms with E-state index in [9.17, 15) is 17.6 Å². The van der Waals surface area contributed by atoms with Crippen LogP contribution in [0.25, 0.3) is 0 Å². The molecule has 0 fully saturated rings. The van der Waals surface area contributed by atoms with E-state index in [4.69, 9.17) is 0 Å². The van der Waals surface area contributed by atoms with Crippen LogP contribution in [0.2, 0.25) is 0 Å². The second kappa shape index (κ2) is 6.89. The summed E-state index contributed by atoms with van der Waals surface area (Å²) in [5, 5.41) is 2.51. The number of aryl methyl sites for hydroxylation is 1. The van der Waals surface area contributed by atoms with Gasteiger partial charge in [-0.2, -0.15) is 8.78 Å². The average Bonchev–Trinajstić information content (AvgIpc) is 2.40. The van der Waals surface area contributed by atoms with E-state index in [1.165, 1.54) is 0 Å². The van der Waals surface area contributed by atoms with Crippen LogP contribution in [0.15, 0.2) is 24.3 Å². The lowest BCUT2D eigenvalue weighted by Gasteiger charge is -2.22. The minimum Gasteiger partial charge on any atom is -0.304 e. The number of hydrogen-bond donors (Lipinski definition) is 1. The number of halogens is 4. The highest BCUT2D eigenvalue weighted by molar-refractivity contribution is 5.25. The molecule has 1 N–H and O–H groups in total. The molecule has 0 aliphatic carbocycles. The maximum atomic E-state index is 12.9. The standard InChI is InChI=1S/C14H19F4N/c1-3-10-5-7-11(8-6-10)12(4-2)19-9-14(17,18)13(15)16/h5-8,12-13,19H,3-4,9H2,1-2H3. The van der Waals surface area contributed by atoms with E-state index in [1.54, 1.807) is 0 Å². The minimum atomic E-state index is -3.99. The van der Waals surface area contributed by atoms with Gasteiger partial charge in [0.2, 0.25) is 0 Å². The number of rotatable bonds is 7. The third-order valence-electron chi connectivity index (χ3n) is 3.10. The molecule has 0 amide bonds. The molecule has 0 spiro atoms. The molecule has 0 bridgehead atoms. The van der Waals surface area contributed by atoms with E-state index in [1.807, 2.05) is 38.1 Å². The van der Waals surface area contributed by atoms with Crippen molar-refractivity contribution in [1.82, 2.24) is 5.32 Å². The lowest BCUT2D eigenvalue weighted by molar-refractivity contribution is -0.126. The molecule has 1 nitrogen and oxygen atoms in total.